The van der Waals surface area contributed by atoms with Gasteiger partial charge in [0.05, 0.1) is 26.9 Å². The van der Waals surface area contributed by atoms with Gasteiger partial charge in [-0.1, -0.05) is 12.1 Å². The number of nitrogens with zero attached hydrogens (tertiary/aromatic N) is 1. The average Bonchev–Trinajstić information content (AvgIpc) is 3.00. The first-order chi connectivity index (χ1) is 13.5. The largest absolute Gasteiger partial charge is 0.497 e. The smallest absolute Gasteiger partial charge is 0.323 e. The van der Waals surface area contributed by atoms with Crippen molar-refractivity contribution in [3.63, 3.8) is 0 Å². The van der Waals surface area contributed by atoms with E-state index in [1.54, 1.807) is 43.5 Å². The summed E-state index contributed by atoms with van der Waals surface area (Å²) in [5.41, 5.74) is -0.605. The van der Waals surface area contributed by atoms with Crippen LogP contribution >= 0.6 is 0 Å². The molecule has 0 saturated heterocycles. The summed E-state index contributed by atoms with van der Waals surface area (Å²) in [4.78, 5) is 42.6. The van der Waals surface area contributed by atoms with E-state index in [2.05, 4.69) is 10.3 Å². The monoisotopic (exact) mass is 384 g/mol. The van der Waals surface area contributed by atoms with Crippen LogP contribution in [0.1, 0.15) is 15.9 Å². The number of ketones is 1. The lowest BCUT2D eigenvalue weighted by Crippen LogP contribution is -2.57. The van der Waals surface area contributed by atoms with Crippen molar-refractivity contribution in [1.82, 2.24) is 4.98 Å². The second kappa shape index (κ2) is 7.67. The molecule has 0 saturated carbocycles. The molecule has 1 aliphatic rings. The van der Waals surface area contributed by atoms with E-state index in [0.717, 1.165) is 14.2 Å². The van der Waals surface area contributed by atoms with Crippen molar-refractivity contribution < 1.29 is 28.6 Å². The van der Waals surface area contributed by atoms with E-state index in [4.69, 9.17) is 14.2 Å². The number of hydrogen-bond acceptors (Lipinski definition) is 8. The van der Waals surface area contributed by atoms with Gasteiger partial charge in [0.25, 0.3) is 0 Å². The molecule has 1 atom stereocenters. The van der Waals surface area contributed by atoms with Crippen molar-refractivity contribution >= 4 is 23.5 Å². The summed E-state index contributed by atoms with van der Waals surface area (Å²) < 4.78 is 14.8. The Morgan fingerprint density at radius 2 is 1.71 bits per heavy atom. The fourth-order valence-corrected chi connectivity index (χ4v) is 3.43. The average molecular weight is 384 g/mol. The topological polar surface area (TPSA) is 104 Å². The number of fused-ring (bicyclic) bond motifs is 1. The molecule has 1 aliphatic heterocycles. The van der Waals surface area contributed by atoms with Gasteiger partial charge in [-0.3, -0.25) is 14.4 Å². The quantitative estimate of drug-likeness (QED) is 0.592. The molecule has 28 heavy (non-hydrogen) atoms. The number of pyridine rings is 1. The Morgan fingerprint density at radius 1 is 1.07 bits per heavy atom. The van der Waals surface area contributed by atoms with Crippen LogP contribution in [-0.4, -0.2) is 49.6 Å². The van der Waals surface area contributed by atoms with Gasteiger partial charge in [-0.25, -0.2) is 4.98 Å². The van der Waals surface area contributed by atoms with Gasteiger partial charge in [-0.15, -0.1) is 0 Å². The minimum atomic E-state index is -1.62. The first-order valence-corrected chi connectivity index (χ1v) is 8.53. The van der Waals surface area contributed by atoms with E-state index in [1.165, 1.54) is 6.20 Å². The van der Waals surface area contributed by atoms with Gasteiger partial charge < -0.3 is 19.5 Å². The van der Waals surface area contributed by atoms with Gasteiger partial charge in [-0.2, -0.15) is 0 Å². The lowest BCUT2D eigenvalue weighted by Gasteiger charge is -2.33. The van der Waals surface area contributed by atoms with Gasteiger partial charge in [0.2, 0.25) is 0 Å². The minimum Gasteiger partial charge on any atom is -0.497 e. The maximum absolute atomic E-state index is 13.4. The van der Waals surface area contributed by atoms with Crippen molar-refractivity contribution in [3.8, 4) is 5.75 Å². The SMILES string of the molecule is COC(=O)C(C(=O)OC)C1(Cc2ccc(OC)cc2)Nc2ncccc2C1=O. The molecule has 1 aromatic carbocycles. The second-order valence-electron chi connectivity index (χ2n) is 6.33. The molecule has 0 fully saturated rings. The Hall–Kier alpha value is -3.42. The van der Waals surface area contributed by atoms with E-state index in [1.807, 2.05) is 0 Å². The number of anilines is 1. The number of carbonyl (C=O) groups excluding carboxylic acids is 3. The number of hydrogen-bond donors (Lipinski definition) is 1. The van der Waals surface area contributed by atoms with Crippen molar-refractivity contribution in [3.05, 3.63) is 53.7 Å². The molecule has 0 radical (unpaired) electrons. The Kier molecular flexibility index (Phi) is 5.30. The van der Waals surface area contributed by atoms with Gasteiger partial charge in [0.15, 0.2) is 11.7 Å². The number of methoxy groups -OCH3 is 3. The lowest BCUT2D eigenvalue weighted by atomic mass is 9.76. The molecule has 8 heteroatoms. The predicted molar refractivity (Wildman–Crippen MR) is 99.1 cm³/mol. The maximum atomic E-state index is 13.4. The molecule has 3 rings (SSSR count). The Labute approximate surface area is 161 Å². The predicted octanol–water partition coefficient (Wildman–Crippen LogP) is 1.64. The number of Topliss-reactive ketones (excluding diaryl/α,β-unsaturated/α-hetero) is 1. The number of benzene rings is 1. The minimum absolute atomic E-state index is 0.0427. The molecule has 0 spiro atoms. The third-order valence-corrected chi connectivity index (χ3v) is 4.81. The van der Waals surface area contributed by atoms with Crippen LogP contribution in [0.25, 0.3) is 0 Å². The van der Waals surface area contributed by atoms with Gasteiger partial charge in [-0.05, 0) is 29.8 Å². The van der Waals surface area contributed by atoms with Crippen LogP contribution < -0.4 is 10.1 Å². The van der Waals surface area contributed by atoms with Crippen LogP contribution in [-0.2, 0) is 25.5 Å². The van der Waals surface area contributed by atoms with Crippen molar-refractivity contribution in [2.75, 3.05) is 26.6 Å². The summed E-state index contributed by atoms with van der Waals surface area (Å²) in [6, 6.07) is 10.2. The highest BCUT2D eigenvalue weighted by atomic mass is 16.5. The number of ether oxygens (including phenoxy) is 3. The molecular weight excluding hydrogens is 364 g/mol. The number of nitrogens with one attached hydrogen (secondary N) is 1. The number of rotatable bonds is 6. The zero-order chi connectivity index (χ0) is 20.3. The zero-order valence-corrected chi connectivity index (χ0v) is 15.7. The van der Waals surface area contributed by atoms with Crippen LogP contribution in [0.5, 0.6) is 5.75 Å². The van der Waals surface area contributed by atoms with Crippen molar-refractivity contribution in [2.24, 2.45) is 5.92 Å². The Balaban J connectivity index is 2.12. The van der Waals surface area contributed by atoms with Crippen LogP contribution in [0, 0.1) is 5.92 Å². The summed E-state index contributed by atoms with van der Waals surface area (Å²) in [6.07, 6.45) is 1.56. The highest BCUT2D eigenvalue weighted by Crippen LogP contribution is 2.39. The van der Waals surface area contributed by atoms with Crippen molar-refractivity contribution in [1.29, 1.82) is 0 Å². The second-order valence-corrected chi connectivity index (χ2v) is 6.33. The number of esters is 2. The van der Waals surface area contributed by atoms with Gasteiger partial charge >= 0.3 is 11.9 Å². The molecule has 1 N–H and O–H groups in total. The van der Waals surface area contributed by atoms with E-state index in [-0.39, 0.29) is 6.42 Å². The first-order valence-electron chi connectivity index (χ1n) is 8.53. The van der Waals surface area contributed by atoms with Crippen LogP contribution in [0.15, 0.2) is 42.6 Å². The van der Waals surface area contributed by atoms with E-state index in [0.29, 0.717) is 22.7 Å². The third-order valence-electron chi connectivity index (χ3n) is 4.81. The fourth-order valence-electron chi connectivity index (χ4n) is 3.43. The summed E-state index contributed by atoms with van der Waals surface area (Å²) >= 11 is 0. The van der Waals surface area contributed by atoms with E-state index in [9.17, 15) is 14.4 Å². The van der Waals surface area contributed by atoms with Crippen LogP contribution in [0.4, 0.5) is 5.82 Å². The molecule has 0 amide bonds. The summed E-state index contributed by atoms with van der Waals surface area (Å²) in [6.45, 7) is 0. The Bertz CT molecular complexity index is 895. The lowest BCUT2D eigenvalue weighted by molar-refractivity contribution is -0.160. The molecule has 2 aromatic rings. The molecule has 1 aromatic heterocycles. The highest BCUT2D eigenvalue weighted by molar-refractivity contribution is 6.18. The fraction of sp³-hybridized carbons (Fsp3) is 0.300. The summed E-state index contributed by atoms with van der Waals surface area (Å²) in [7, 11) is 3.86. The van der Waals surface area contributed by atoms with E-state index < -0.39 is 29.2 Å². The normalized spacial score (nSPS) is 17.6. The first kappa shape index (κ1) is 19.3. The van der Waals surface area contributed by atoms with Gasteiger partial charge in [0, 0.05) is 12.6 Å². The third kappa shape index (κ3) is 3.17. The Morgan fingerprint density at radius 3 is 2.25 bits per heavy atom. The molecule has 0 aliphatic carbocycles. The molecular formula is C20H20N2O6. The van der Waals surface area contributed by atoms with Crippen molar-refractivity contribution in [2.45, 2.75) is 12.0 Å². The van der Waals surface area contributed by atoms with Gasteiger partial charge in [0.1, 0.15) is 17.1 Å². The molecule has 1 unspecified atom stereocenters. The maximum Gasteiger partial charge on any atom is 0.323 e. The summed E-state index contributed by atoms with van der Waals surface area (Å²) in [5, 5.41) is 3.01. The zero-order valence-electron chi connectivity index (χ0n) is 15.7. The molecule has 2 heterocycles. The highest BCUT2D eigenvalue weighted by Gasteiger charge is 2.58. The number of carbonyl (C=O) groups is 3. The standard InChI is InChI=1S/C20H20N2O6/c1-26-13-8-6-12(7-9-13)11-20(15(18(24)27-2)19(25)28-3)16(23)14-5-4-10-21-17(14)22-20/h4-10,15H,11H2,1-3H3,(H,21,22). The van der Waals surface area contributed by atoms with Crippen LogP contribution in [0.2, 0.25) is 0 Å². The molecule has 8 nitrogen and oxygen atoms in total. The molecule has 146 valence electrons. The molecule has 0 bridgehead atoms. The van der Waals surface area contributed by atoms with Crippen LogP contribution in [0.3, 0.4) is 0 Å². The number of aromatic nitrogens is 1. The summed E-state index contributed by atoms with van der Waals surface area (Å²) in [5.74, 6) is -2.72. The van der Waals surface area contributed by atoms with E-state index >= 15 is 0 Å².